The normalized spacial score (nSPS) is 33.8. The first-order valence-electron chi connectivity index (χ1n) is 6.78. The molecule has 2 fully saturated rings. The lowest BCUT2D eigenvalue weighted by Gasteiger charge is -2.49. The van der Waals surface area contributed by atoms with E-state index in [9.17, 15) is 0 Å². The highest BCUT2D eigenvalue weighted by Crippen LogP contribution is 2.46. The minimum Gasteiger partial charge on any atom is -0.355 e. The van der Waals surface area contributed by atoms with Gasteiger partial charge in [0.1, 0.15) is 0 Å². The first-order chi connectivity index (χ1) is 8.85. The minimum absolute atomic E-state index is 0.138. The van der Waals surface area contributed by atoms with Crippen LogP contribution in [0.5, 0.6) is 0 Å². The monoisotopic (exact) mass is 260 g/mol. The molecule has 0 aromatic heterocycles. The summed E-state index contributed by atoms with van der Waals surface area (Å²) in [4.78, 5) is 4.38. The van der Waals surface area contributed by atoms with Gasteiger partial charge in [-0.2, -0.15) is 0 Å². The highest BCUT2D eigenvalue weighted by Gasteiger charge is 2.45. The van der Waals surface area contributed by atoms with Crippen molar-refractivity contribution in [3.05, 3.63) is 35.9 Å². The third-order valence-corrected chi connectivity index (χ3v) is 5.44. The molecule has 2 nitrogen and oxygen atoms in total. The lowest BCUT2D eigenvalue weighted by molar-refractivity contribution is 0.182. The maximum Gasteiger partial charge on any atom is 0.156 e. The molecular weight excluding hydrogens is 240 g/mol. The number of benzene rings is 1. The van der Waals surface area contributed by atoms with Crippen LogP contribution in [0.4, 0.5) is 0 Å². The number of rotatable bonds is 1. The van der Waals surface area contributed by atoms with Gasteiger partial charge in [0.25, 0.3) is 0 Å². The molecule has 2 unspecified atom stereocenters. The van der Waals surface area contributed by atoms with Crippen molar-refractivity contribution in [1.29, 1.82) is 0 Å². The molecule has 1 saturated carbocycles. The molecule has 1 N–H and O–H groups in total. The van der Waals surface area contributed by atoms with E-state index >= 15 is 0 Å². The van der Waals surface area contributed by atoms with E-state index in [1.807, 2.05) is 18.8 Å². The van der Waals surface area contributed by atoms with E-state index in [1.165, 1.54) is 37.0 Å². The van der Waals surface area contributed by atoms with Gasteiger partial charge >= 0.3 is 0 Å². The second kappa shape index (κ2) is 4.96. The summed E-state index contributed by atoms with van der Waals surface area (Å²) >= 11 is 1.88. The van der Waals surface area contributed by atoms with Crippen LogP contribution >= 0.6 is 11.8 Å². The molecule has 1 aliphatic heterocycles. The Kier molecular flexibility index (Phi) is 3.33. The van der Waals surface area contributed by atoms with E-state index in [-0.39, 0.29) is 5.54 Å². The quantitative estimate of drug-likeness (QED) is 0.837. The zero-order valence-electron chi connectivity index (χ0n) is 10.9. The summed E-state index contributed by atoms with van der Waals surface area (Å²) in [6.07, 6.45) is 5.27. The van der Waals surface area contributed by atoms with Gasteiger partial charge in [-0.25, -0.2) is 0 Å². The van der Waals surface area contributed by atoms with Crippen LogP contribution in [0.15, 0.2) is 35.3 Å². The van der Waals surface area contributed by atoms with Crippen LogP contribution in [0.25, 0.3) is 0 Å². The molecule has 1 aromatic rings. The summed E-state index contributed by atoms with van der Waals surface area (Å²) in [5.41, 5.74) is 1.58. The second-order valence-corrected chi connectivity index (χ2v) is 6.25. The molecular formula is C15H20N2S. The highest BCUT2D eigenvalue weighted by molar-refractivity contribution is 8.13. The topological polar surface area (TPSA) is 24.4 Å². The van der Waals surface area contributed by atoms with E-state index in [2.05, 4.69) is 40.6 Å². The third kappa shape index (κ3) is 1.95. The predicted molar refractivity (Wildman–Crippen MR) is 79.0 cm³/mol. The maximum absolute atomic E-state index is 4.38. The molecule has 0 bridgehead atoms. The van der Waals surface area contributed by atoms with E-state index in [0.717, 1.165) is 11.1 Å². The van der Waals surface area contributed by atoms with Crippen LogP contribution in [0.2, 0.25) is 0 Å². The molecule has 1 heterocycles. The van der Waals surface area contributed by atoms with Crippen molar-refractivity contribution >= 4 is 16.9 Å². The standard InChI is InChI=1S/C15H20N2S/c1-16-14-17-15(12-7-3-2-4-8-12)10-6-5-9-13(15)11-18-14/h2-4,7-8,13H,5-6,9-11H2,1H3,(H,16,17). The van der Waals surface area contributed by atoms with Crippen LogP contribution in [-0.4, -0.2) is 18.0 Å². The van der Waals surface area contributed by atoms with Crippen molar-refractivity contribution in [1.82, 2.24) is 5.32 Å². The van der Waals surface area contributed by atoms with Crippen LogP contribution in [0.3, 0.4) is 0 Å². The Balaban J connectivity index is 2.01. The lowest BCUT2D eigenvalue weighted by Crippen LogP contribution is -2.56. The largest absolute Gasteiger partial charge is 0.355 e. The van der Waals surface area contributed by atoms with Crippen LogP contribution in [0, 0.1) is 5.92 Å². The number of hydrogen-bond donors (Lipinski definition) is 1. The van der Waals surface area contributed by atoms with Gasteiger partial charge in [0.05, 0.1) is 5.54 Å². The number of nitrogens with zero attached hydrogens (tertiary/aromatic N) is 1. The molecule has 0 radical (unpaired) electrons. The van der Waals surface area contributed by atoms with Gasteiger partial charge in [-0.3, -0.25) is 4.99 Å². The molecule has 96 valence electrons. The minimum atomic E-state index is 0.138. The fourth-order valence-corrected chi connectivity index (χ4v) is 4.54. The number of fused-ring (bicyclic) bond motifs is 1. The average molecular weight is 260 g/mol. The Morgan fingerprint density at radius 2 is 2.11 bits per heavy atom. The molecule has 1 aliphatic carbocycles. The number of hydrogen-bond acceptors (Lipinski definition) is 2. The zero-order chi connectivity index (χ0) is 12.4. The Bertz CT molecular complexity index is 443. The fraction of sp³-hybridized carbons (Fsp3) is 0.533. The summed E-state index contributed by atoms with van der Waals surface area (Å²) in [6.45, 7) is 0. The van der Waals surface area contributed by atoms with Gasteiger partial charge < -0.3 is 5.32 Å². The number of nitrogens with one attached hydrogen (secondary N) is 1. The number of aliphatic imine (C=N–C) groups is 1. The summed E-state index contributed by atoms with van der Waals surface area (Å²) in [6, 6.07) is 11.0. The molecule has 2 atom stereocenters. The summed E-state index contributed by atoms with van der Waals surface area (Å²) in [5.74, 6) is 1.94. The van der Waals surface area contributed by atoms with Gasteiger partial charge in [0, 0.05) is 12.8 Å². The Hall–Kier alpha value is -0.960. The lowest BCUT2D eigenvalue weighted by atomic mass is 9.69. The van der Waals surface area contributed by atoms with Crippen molar-refractivity contribution in [3.8, 4) is 0 Å². The van der Waals surface area contributed by atoms with Crippen LogP contribution in [-0.2, 0) is 5.54 Å². The van der Waals surface area contributed by atoms with Crippen LogP contribution in [0.1, 0.15) is 31.2 Å². The van der Waals surface area contributed by atoms with E-state index in [0.29, 0.717) is 0 Å². The molecule has 0 spiro atoms. The van der Waals surface area contributed by atoms with E-state index < -0.39 is 0 Å². The zero-order valence-corrected chi connectivity index (χ0v) is 11.7. The van der Waals surface area contributed by atoms with Crippen molar-refractivity contribution in [2.75, 3.05) is 12.8 Å². The van der Waals surface area contributed by atoms with Crippen LogP contribution < -0.4 is 5.32 Å². The van der Waals surface area contributed by atoms with Crippen molar-refractivity contribution < 1.29 is 0 Å². The van der Waals surface area contributed by atoms with Crippen molar-refractivity contribution in [2.45, 2.75) is 31.2 Å². The Morgan fingerprint density at radius 3 is 2.89 bits per heavy atom. The molecule has 2 aliphatic rings. The maximum atomic E-state index is 4.38. The van der Waals surface area contributed by atoms with Crippen molar-refractivity contribution in [3.63, 3.8) is 0 Å². The Labute approximate surface area is 113 Å². The van der Waals surface area contributed by atoms with Crippen molar-refractivity contribution in [2.24, 2.45) is 10.9 Å². The number of amidine groups is 1. The summed E-state index contributed by atoms with van der Waals surface area (Å²) in [5, 5.41) is 4.86. The van der Waals surface area contributed by atoms with Gasteiger partial charge in [0.2, 0.25) is 0 Å². The van der Waals surface area contributed by atoms with Gasteiger partial charge in [-0.1, -0.05) is 54.9 Å². The SMILES string of the molecule is CN=C1NC2(c3ccccc3)CCCCC2CS1. The van der Waals surface area contributed by atoms with E-state index in [1.54, 1.807) is 0 Å². The first-order valence-corrected chi connectivity index (χ1v) is 7.77. The average Bonchev–Trinajstić information content (AvgIpc) is 2.47. The molecule has 1 aromatic carbocycles. The number of thioether (sulfide) groups is 1. The highest BCUT2D eigenvalue weighted by atomic mass is 32.2. The fourth-order valence-electron chi connectivity index (χ4n) is 3.35. The molecule has 0 amide bonds. The third-order valence-electron chi connectivity index (χ3n) is 4.31. The molecule has 3 heteroatoms. The molecule has 3 rings (SSSR count). The molecule has 1 saturated heterocycles. The predicted octanol–water partition coefficient (Wildman–Crippen LogP) is 3.39. The first kappa shape index (κ1) is 12.1. The van der Waals surface area contributed by atoms with Gasteiger partial charge in [-0.15, -0.1) is 0 Å². The Morgan fingerprint density at radius 1 is 1.28 bits per heavy atom. The van der Waals surface area contributed by atoms with Gasteiger partial charge in [-0.05, 0) is 24.3 Å². The smallest absolute Gasteiger partial charge is 0.156 e. The van der Waals surface area contributed by atoms with E-state index in [4.69, 9.17) is 0 Å². The summed E-state index contributed by atoms with van der Waals surface area (Å²) in [7, 11) is 1.89. The molecule has 18 heavy (non-hydrogen) atoms. The summed E-state index contributed by atoms with van der Waals surface area (Å²) < 4.78 is 0. The second-order valence-electron chi connectivity index (χ2n) is 5.24. The van der Waals surface area contributed by atoms with Gasteiger partial charge in [0.15, 0.2) is 5.17 Å².